The topological polar surface area (TPSA) is 92.0 Å². The highest BCUT2D eigenvalue weighted by Crippen LogP contribution is 2.28. The predicted molar refractivity (Wildman–Crippen MR) is 110 cm³/mol. The molecular weight excluding hydrogens is 392 g/mol. The van der Waals surface area contributed by atoms with E-state index in [4.69, 9.17) is 15.4 Å². The average molecular weight is 412 g/mol. The SMILES string of the molecule is COc1ccc(COc2cccc(C(=O)Nc3ccccc3SOON)c2)cc1. The first-order valence-electron chi connectivity index (χ1n) is 8.66. The number of hydrogen-bond acceptors (Lipinski definition) is 7. The Kier molecular flexibility index (Phi) is 7.48. The molecule has 29 heavy (non-hydrogen) atoms. The third-order valence-electron chi connectivity index (χ3n) is 3.96. The third kappa shape index (κ3) is 5.97. The molecule has 0 bridgehead atoms. The van der Waals surface area contributed by atoms with E-state index in [0.717, 1.165) is 23.4 Å². The second kappa shape index (κ2) is 10.5. The predicted octanol–water partition coefficient (Wildman–Crippen LogP) is 4.36. The molecule has 0 atom stereocenters. The molecule has 0 aliphatic heterocycles. The molecule has 1 amide bonds. The number of carbonyl (C=O) groups excluding carboxylic acids is 1. The van der Waals surface area contributed by atoms with E-state index in [1.54, 1.807) is 49.6 Å². The number of benzene rings is 3. The van der Waals surface area contributed by atoms with Crippen LogP contribution in [-0.4, -0.2) is 13.0 Å². The number of nitrogens with two attached hydrogens (primary N) is 1. The molecule has 0 heterocycles. The van der Waals surface area contributed by atoms with Crippen molar-refractivity contribution in [3.8, 4) is 11.5 Å². The molecule has 7 nitrogen and oxygen atoms in total. The van der Waals surface area contributed by atoms with E-state index in [1.807, 2.05) is 30.3 Å². The number of anilines is 1. The minimum absolute atomic E-state index is 0.276. The van der Waals surface area contributed by atoms with Crippen LogP contribution in [0.1, 0.15) is 15.9 Å². The summed E-state index contributed by atoms with van der Waals surface area (Å²) < 4.78 is 15.6. The van der Waals surface area contributed by atoms with Crippen LogP contribution in [0.5, 0.6) is 11.5 Å². The zero-order chi connectivity index (χ0) is 20.5. The third-order valence-corrected chi connectivity index (χ3v) is 4.64. The van der Waals surface area contributed by atoms with Crippen LogP contribution in [-0.2, 0) is 15.9 Å². The summed E-state index contributed by atoms with van der Waals surface area (Å²) in [6.07, 6.45) is 0. The van der Waals surface area contributed by atoms with Crippen molar-refractivity contribution in [3.63, 3.8) is 0 Å². The van der Waals surface area contributed by atoms with Gasteiger partial charge in [-0.3, -0.25) is 4.79 Å². The van der Waals surface area contributed by atoms with Crippen molar-refractivity contribution in [1.29, 1.82) is 0 Å². The lowest BCUT2D eigenvalue weighted by molar-refractivity contribution is -0.195. The standard InChI is InChI=1S/C21H20N2O5S/c1-25-17-11-9-15(10-12-17)14-26-18-6-4-5-16(13-18)21(24)23-19-7-2-3-8-20(19)29-28-27-22/h2-13H,14,22H2,1H3,(H,23,24). The van der Waals surface area contributed by atoms with Gasteiger partial charge in [-0.05, 0) is 48.0 Å². The van der Waals surface area contributed by atoms with Crippen LogP contribution in [0.4, 0.5) is 5.69 Å². The fourth-order valence-electron chi connectivity index (χ4n) is 2.51. The smallest absolute Gasteiger partial charge is 0.255 e. The lowest BCUT2D eigenvalue weighted by Gasteiger charge is -2.11. The highest BCUT2D eigenvalue weighted by molar-refractivity contribution is 7.94. The van der Waals surface area contributed by atoms with Gasteiger partial charge in [0.2, 0.25) is 0 Å². The Bertz CT molecular complexity index is 950. The van der Waals surface area contributed by atoms with Crippen molar-refractivity contribution in [3.05, 3.63) is 83.9 Å². The van der Waals surface area contributed by atoms with E-state index in [2.05, 4.69) is 14.6 Å². The zero-order valence-electron chi connectivity index (χ0n) is 15.7. The Hall–Kier alpha value is -3.04. The zero-order valence-corrected chi connectivity index (χ0v) is 16.5. The van der Waals surface area contributed by atoms with Gasteiger partial charge in [0.05, 0.1) is 29.7 Å². The second-order valence-corrected chi connectivity index (χ2v) is 6.61. The monoisotopic (exact) mass is 412 g/mol. The Labute approximate surface area is 172 Å². The van der Waals surface area contributed by atoms with E-state index >= 15 is 0 Å². The first-order chi connectivity index (χ1) is 14.2. The van der Waals surface area contributed by atoms with Crippen molar-refractivity contribution < 1.29 is 23.6 Å². The number of hydrogen-bond donors (Lipinski definition) is 2. The Morgan fingerprint density at radius 1 is 1.00 bits per heavy atom. The first kappa shape index (κ1) is 20.7. The van der Waals surface area contributed by atoms with Crippen LogP contribution in [0.15, 0.2) is 77.7 Å². The number of rotatable bonds is 9. The van der Waals surface area contributed by atoms with Crippen LogP contribution in [0, 0.1) is 0 Å². The van der Waals surface area contributed by atoms with E-state index in [9.17, 15) is 4.79 Å². The van der Waals surface area contributed by atoms with Crippen LogP contribution in [0.25, 0.3) is 0 Å². The fourth-order valence-corrected chi connectivity index (χ4v) is 2.96. The minimum Gasteiger partial charge on any atom is -0.497 e. The molecule has 8 heteroatoms. The summed E-state index contributed by atoms with van der Waals surface area (Å²) in [7, 11) is 1.62. The largest absolute Gasteiger partial charge is 0.497 e. The van der Waals surface area contributed by atoms with Crippen molar-refractivity contribution in [2.24, 2.45) is 5.90 Å². The van der Waals surface area contributed by atoms with Crippen molar-refractivity contribution in [2.45, 2.75) is 11.5 Å². The summed E-state index contributed by atoms with van der Waals surface area (Å²) >= 11 is 0.900. The minimum atomic E-state index is -0.276. The molecule has 0 aliphatic carbocycles. The average Bonchev–Trinajstić information content (AvgIpc) is 2.77. The molecule has 3 rings (SSSR count). The molecule has 0 spiro atoms. The van der Waals surface area contributed by atoms with Crippen LogP contribution < -0.4 is 20.7 Å². The maximum atomic E-state index is 12.7. The van der Waals surface area contributed by atoms with E-state index in [-0.39, 0.29) is 5.91 Å². The van der Waals surface area contributed by atoms with Gasteiger partial charge in [-0.15, -0.1) is 9.32 Å². The van der Waals surface area contributed by atoms with Crippen LogP contribution in [0.3, 0.4) is 0 Å². The van der Waals surface area contributed by atoms with E-state index in [0.29, 0.717) is 28.5 Å². The van der Waals surface area contributed by atoms with Gasteiger partial charge in [-0.1, -0.05) is 30.3 Å². The molecule has 0 saturated heterocycles. The number of para-hydroxylation sites is 1. The number of ether oxygens (including phenoxy) is 2. The van der Waals surface area contributed by atoms with Gasteiger partial charge >= 0.3 is 0 Å². The molecule has 0 saturated carbocycles. The van der Waals surface area contributed by atoms with Crippen molar-refractivity contribution in [2.75, 3.05) is 12.4 Å². The highest BCUT2D eigenvalue weighted by atomic mass is 32.2. The Morgan fingerprint density at radius 2 is 1.79 bits per heavy atom. The van der Waals surface area contributed by atoms with E-state index in [1.165, 1.54) is 0 Å². The lowest BCUT2D eigenvalue weighted by Crippen LogP contribution is -2.12. The number of amides is 1. The number of carbonyl (C=O) groups is 1. The maximum Gasteiger partial charge on any atom is 0.255 e. The molecule has 0 aliphatic rings. The van der Waals surface area contributed by atoms with Gasteiger partial charge < -0.3 is 14.8 Å². The summed E-state index contributed by atoms with van der Waals surface area (Å²) in [6, 6.07) is 21.7. The summed E-state index contributed by atoms with van der Waals surface area (Å²) in [4.78, 5) is 17.4. The van der Waals surface area contributed by atoms with Crippen LogP contribution in [0.2, 0.25) is 0 Å². The van der Waals surface area contributed by atoms with Gasteiger partial charge in [0.1, 0.15) is 18.1 Å². The number of methoxy groups -OCH3 is 1. The van der Waals surface area contributed by atoms with Gasteiger partial charge in [0, 0.05) is 5.56 Å². The summed E-state index contributed by atoms with van der Waals surface area (Å²) in [6.45, 7) is 0.380. The maximum absolute atomic E-state index is 12.7. The lowest BCUT2D eigenvalue weighted by atomic mass is 10.2. The first-order valence-corrected chi connectivity index (χ1v) is 9.40. The van der Waals surface area contributed by atoms with Crippen molar-refractivity contribution >= 4 is 23.6 Å². The fraction of sp³-hybridized carbons (Fsp3) is 0.0952. The molecule has 150 valence electrons. The normalized spacial score (nSPS) is 10.4. The molecule has 0 unspecified atom stereocenters. The molecule has 0 fully saturated rings. The van der Waals surface area contributed by atoms with Gasteiger partial charge in [0.25, 0.3) is 5.91 Å². The number of nitrogens with one attached hydrogen (secondary N) is 1. The van der Waals surface area contributed by atoms with Gasteiger partial charge in [0.15, 0.2) is 0 Å². The summed E-state index contributed by atoms with van der Waals surface area (Å²) in [5.74, 6) is 5.97. The van der Waals surface area contributed by atoms with Gasteiger partial charge in [-0.25, -0.2) is 0 Å². The van der Waals surface area contributed by atoms with Crippen molar-refractivity contribution in [1.82, 2.24) is 0 Å². The Morgan fingerprint density at radius 3 is 2.55 bits per heavy atom. The summed E-state index contributed by atoms with van der Waals surface area (Å²) in [5, 5.41) is 2.84. The summed E-state index contributed by atoms with van der Waals surface area (Å²) in [5.41, 5.74) is 2.03. The molecule has 3 aromatic rings. The quantitative estimate of drug-likeness (QED) is 0.307. The van der Waals surface area contributed by atoms with Crippen LogP contribution >= 0.6 is 12.0 Å². The van der Waals surface area contributed by atoms with Gasteiger partial charge in [-0.2, -0.15) is 5.90 Å². The Balaban J connectivity index is 1.65. The molecule has 0 radical (unpaired) electrons. The van der Waals surface area contributed by atoms with E-state index < -0.39 is 0 Å². The second-order valence-electron chi connectivity index (χ2n) is 5.86. The molecule has 0 aromatic heterocycles. The molecule has 3 N–H and O–H groups in total. The molecule has 3 aromatic carbocycles. The molecular formula is C21H20N2O5S. The highest BCUT2D eigenvalue weighted by Gasteiger charge is 2.11.